The Balaban J connectivity index is 2.53. The number of rotatable bonds is 8. The van der Waals surface area contributed by atoms with Crippen LogP contribution in [-0.4, -0.2) is 35.2 Å². The van der Waals surface area contributed by atoms with E-state index in [0.717, 1.165) is 12.1 Å². The molecule has 7 nitrogen and oxygen atoms in total. The lowest BCUT2D eigenvalue weighted by atomic mass is 9.96. The minimum Gasteiger partial charge on any atom is -0.491 e. The molecule has 0 radical (unpaired) electrons. The molecule has 0 bridgehead atoms. The predicted octanol–water partition coefficient (Wildman–Crippen LogP) is 1.96. The van der Waals surface area contributed by atoms with Crippen molar-refractivity contribution in [2.75, 3.05) is 13.7 Å². The van der Waals surface area contributed by atoms with Crippen molar-refractivity contribution in [3.8, 4) is 5.75 Å². The third kappa shape index (κ3) is 4.38. The van der Waals surface area contributed by atoms with Crippen LogP contribution in [0.25, 0.3) is 0 Å². The maximum atomic E-state index is 13.5. The molecule has 0 saturated heterocycles. The van der Waals surface area contributed by atoms with Crippen LogP contribution in [-0.2, 0) is 4.79 Å². The number of non-ortho nitro benzene ring substituents is 1. The van der Waals surface area contributed by atoms with Gasteiger partial charge in [-0.2, -0.15) is 0 Å². The Labute approximate surface area is 120 Å². The van der Waals surface area contributed by atoms with E-state index in [1.807, 2.05) is 0 Å². The van der Waals surface area contributed by atoms with E-state index < -0.39 is 22.2 Å². The molecule has 1 rings (SSSR count). The first kappa shape index (κ1) is 16.8. The Morgan fingerprint density at radius 2 is 2.24 bits per heavy atom. The third-order valence-electron chi connectivity index (χ3n) is 3.23. The van der Waals surface area contributed by atoms with Gasteiger partial charge in [0.15, 0.2) is 11.6 Å². The summed E-state index contributed by atoms with van der Waals surface area (Å²) in [5, 5.41) is 22.2. The van der Waals surface area contributed by atoms with Gasteiger partial charge >= 0.3 is 5.97 Å². The van der Waals surface area contributed by atoms with Crippen molar-refractivity contribution in [1.29, 1.82) is 0 Å². The van der Waals surface area contributed by atoms with Gasteiger partial charge in [0.25, 0.3) is 5.69 Å². The molecule has 0 amide bonds. The lowest BCUT2D eigenvalue weighted by Gasteiger charge is -2.23. The van der Waals surface area contributed by atoms with Crippen molar-refractivity contribution >= 4 is 11.7 Å². The molecule has 1 atom stereocenters. The SMILES string of the molecule is CNC(C)(CCCOc1ccc([N+](=O)[O-])cc1F)C(=O)O. The van der Waals surface area contributed by atoms with E-state index in [0.29, 0.717) is 12.8 Å². The van der Waals surface area contributed by atoms with Crippen molar-refractivity contribution in [3.05, 3.63) is 34.1 Å². The van der Waals surface area contributed by atoms with Crippen LogP contribution in [0.3, 0.4) is 0 Å². The highest BCUT2D eigenvalue weighted by Gasteiger charge is 2.30. The van der Waals surface area contributed by atoms with Crippen molar-refractivity contribution in [3.63, 3.8) is 0 Å². The third-order valence-corrected chi connectivity index (χ3v) is 3.23. The monoisotopic (exact) mass is 300 g/mol. The molecule has 0 saturated carbocycles. The van der Waals surface area contributed by atoms with Crippen LogP contribution in [0.5, 0.6) is 5.75 Å². The molecule has 0 aromatic heterocycles. The molecule has 0 fully saturated rings. The van der Waals surface area contributed by atoms with Crippen LogP contribution in [0, 0.1) is 15.9 Å². The summed E-state index contributed by atoms with van der Waals surface area (Å²) in [6.45, 7) is 1.65. The number of halogens is 1. The normalized spacial score (nSPS) is 13.5. The number of benzene rings is 1. The second kappa shape index (κ2) is 6.98. The highest BCUT2D eigenvalue weighted by Crippen LogP contribution is 2.23. The van der Waals surface area contributed by atoms with Gasteiger partial charge in [-0.15, -0.1) is 0 Å². The molecule has 0 aliphatic heterocycles. The Morgan fingerprint density at radius 1 is 1.57 bits per heavy atom. The van der Waals surface area contributed by atoms with Crippen LogP contribution < -0.4 is 10.1 Å². The summed E-state index contributed by atoms with van der Waals surface area (Å²) in [5.74, 6) is -1.90. The lowest BCUT2D eigenvalue weighted by molar-refractivity contribution is -0.385. The van der Waals surface area contributed by atoms with Gasteiger partial charge in [-0.3, -0.25) is 14.9 Å². The molecule has 0 aliphatic carbocycles. The Morgan fingerprint density at radius 3 is 2.71 bits per heavy atom. The van der Waals surface area contributed by atoms with Crippen LogP contribution in [0.4, 0.5) is 10.1 Å². The average Bonchev–Trinajstić information content (AvgIpc) is 2.44. The summed E-state index contributed by atoms with van der Waals surface area (Å²) in [6, 6.07) is 3.11. The average molecular weight is 300 g/mol. The number of aliphatic carboxylic acids is 1. The zero-order chi connectivity index (χ0) is 16.0. The molecule has 21 heavy (non-hydrogen) atoms. The molecule has 0 heterocycles. The molecule has 1 aromatic carbocycles. The largest absolute Gasteiger partial charge is 0.491 e. The molecule has 0 spiro atoms. The van der Waals surface area contributed by atoms with Crippen LogP contribution in [0.15, 0.2) is 18.2 Å². The summed E-state index contributed by atoms with van der Waals surface area (Å²) in [7, 11) is 1.55. The molecule has 8 heteroatoms. The van der Waals surface area contributed by atoms with Crippen molar-refractivity contribution in [2.45, 2.75) is 25.3 Å². The fraction of sp³-hybridized carbons (Fsp3) is 0.462. The molecule has 2 N–H and O–H groups in total. The summed E-state index contributed by atoms with van der Waals surface area (Å²) in [6.07, 6.45) is 0.688. The number of hydrogen-bond acceptors (Lipinski definition) is 5. The highest BCUT2D eigenvalue weighted by molar-refractivity contribution is 5.78. The number of ether oxygens (including phenoxy) is 1. The number of nitrogens with zero attached hydrogens (tertiary/aromatic N) is 1. The highest BCUT2D eigenvalue weighted by atomic mass is 19.1. The minimum atomic E-state index is -1.07. The minimum absolute atomic E-state index is 0.0953. The topological polar surface area (TPSA) is 102 Å². The lowest BCUT2D eigenvalue weighted by Crippen LogP contribution is -2.47. The van der Waals surface area contributed by atoms with E-state index in [4.69, 9.17) is 9.84 Å². The van der Waals surface area contributed by atoms with Gasteiger partial charge in [0.2, 0.25) is 0 Å². The fourth-order valence-electron chi connectivity index (χ4n) is 1.67. The second-order valence-corrected chi connectivity index (χ2v) is 4.71. The number of nitro benzene ring substituents is 1. The first-order chi connectivity index (χ1) is 9.80. The van der Waals surface area contributed by atoms with Gasteiger partial charge in [-0.05, 0) is 32.9 Å². The molecular weight excluding hydrogens is 283 g/mol. The quantitative estimate of drug-likeness (QED) is 0.432. The van der Waals surface area contributed by atoms with E-state index in [2.05, 4.69) is 5.32 Å². The summed E-state index contributed by atoms with van der Waals surface area (Å²) in [5.41, 5.74) is -1.43. The maximum absolute atomic E-state index is 13.5. The fourth-order valence-corrected chi connectivity index (χ4v) is 1.67. The number of nitrogens with one attached hydrogen (secondary N) is 1. The van der Waals surface area contributed by atoms with E-state index in [-0.39, 0.29) is 18.0 Å². The summed E-state index contributed by atoms with van der Waals surface area (Å²) >= 11 is 0. The zero-order valence-corrected chi connectivity index (χ0v) is 11.8. The molecule has 0 aliphatic rings. The maximum Gasteiger partial charge on any atom is 0.323 e. The number of hydrogen-bond donors (Lipinski definition) is 2. The summed E-state index contributed by atoms with van der Waals surface area (Å²) in [4.78, 5) is 20.8. The second-order valence-electron chi connectivity index (χ2n) is 4.71. The van der Waals surface area contributed by atoms with Gasteiger partial charge < -0.3 is 15.2 Å². The molecule has 1 aromatic rings. The van der Waals surface area contributed by atoms with Gasteiger partial charge in [-0.1, -0.05) is 0 Å². The van der Waals surface area contributed by atoms with Crippen LogP contribution in [0.2, 0.25) is 0 Å². The number of likely N-dealkylation sites (N-methyl/N-ethyl adjacent to an activating group) is 1. The smallest absolute Gasteiger partial charge is 0.323 e. The predicted molar refractivity (Wildman–Crippen MR) is 72.9 cm³/mol. The first-order valence-electron chi connectivity index (χ1n) is 6.29. The number of carboxylic acid groups (broad SMARTS) is 1. The van der Waals surface area contributed by atoms with E-state index in [9.17, 15) is 19.3 Å². The van der Waals surface area contributed by atoms with E-state index in [1.54, 1.807) is 14.0 Å². The van der Waals surface area contributed by atoms with Crippen LogP contribution in [0.1, 0.15) is 19.8 Å². The van der Waals surface area contributed by atoms with E-state index >= 15 is 0 Å². The molecule has 116 valence electrons. The van der Waals surface area contributed by atoms with Crippen molar-refractivity contribution in [1.82, 2.24) is 5.32 Å². The van der Waals surface area contributed by atoms with Gasteiger partial charge in [0.1, 0.15) is 5.54 Å². The molecular formula is C13H17FN2O5. The van der Waals surface area contributed by atoms with Gasteiger partial charge in [-0.25, -0.2) is 4.39 Å². The number of carbonyl (C=O) groups is 1. The zero-order valence-electron chi connectivity index (χ0n) is 11.8. The Bertz CT molecular complexity index is 537. The number of carboxylic acids is 1. The first-order valence-corrected chi connectivity index (χ1v) is 6.29. The number of nitro groups is 1. The van der Waals surface area contributed by atoms with Crippen molar-refractivity contribution in [2.24, 2.45) is 0 Å². The van der Waals surface area contributed by atoms with Gasteiger partial charge in [0.05, 0.1) is 17.6 Å². The van der Waals surface area contributed by atoms with Crippen molar-refractivity contribution < 1.29 is 24.0 Å². The Kier molecular flexibility index (Phi) is 5.60. The van der Waals surface area contributed by atoms with Gasteiger partial charge in [0, 0.05) is 6.07 Å². The summed E-state index contributed by atoms with van der Waals surface area (Å²) < 4.78 is 18.7. The van der Waals surface area contributed by atoms with E-state index in [1.165, 1.54) is 6.07 Å². The molecule has 1 unspecified atom stereocenters. The standard InChI is InChI=1S/C13H17FN2O5/c1-13(15-2,12(17)18)6-3-7-21-11-5-4-9(16(19)20)8-10(11)14/h4-5,8,15H,3,6-7H2,1-2H3,(H,17,18). The Hall–Kier alpha value is -2.22. The van der Waals surface area contributed by atoms with Crippen LogP contribution >= 0.6 is 0 Å².